The van der Waals surface area contributed by atoms with E-state index in [4.69, 9.17) is 30.0 Å². The summed E-state index contributed by atoms with van der Waals surface area (Å²) in [6.07, 6.45) is -6.06. The molecule has 0 saturated carbocycles. The molecule has 3 aliphatic rings. The Morgan fingerprint density at radius 1 is 1.11 bits per heavy atom. The van der Waals surface area contributed by atoms with E-state index < -0.39 is 83.8 Å². The van der Waals surface area contributed by atoms with Gasteiger partial charge < -0.3 is 41.4 Å². The maximum atomic E-state index is 12.8. The number of primary amides is 1. The molecule has 6 rings (SSSR count). The number of hydrogen-bond acceptors (Lipinski definition) is 16. The molecule has 1 unspecified atom stereocenters. The third kappa shape index (κ3) is 5.52. The van der Waals surface area contributed by atoms with E-state index in [0.29, 0.717) is 0 Å². The van der Waals surface area contributed by atoms with Gasteiger partial charge in [0.25, 0.3) is 12.1 Å². The number of amides is 1. The van der Waals surface area contributed by atoms with Gasteiger partial charge in [0.1, 0.15) is 47.9 Å². The van der Waals surface area contributed by atoms with E-state index in [2.05, 4.69) is 19.6 Å². The molecule has 1 amide bonds. The lowest BCUT2D eigenvalue weighted by molar-refractivity contribution is -0.765. The highest BCUT2D eigenvalue weighted by molar-refractivity contribution is 7.66. The molecule has 21 nitrogen and oxygen atoms in total. The van der Waals surface area contributed by atoms with Gasteiger partial charge in [0.2, 0.25) is 0 Å². The van der Waals surface area contributed by atoms with Crippen molar-refractivity contribution in [2.24, 2.45) is 5.73 Å². The van der Waals surface area contributed by atoms with E-state index in [0.717, 1.165) is 4.09 Å². The summed E-state index contributed by atoms with van der Waals surface area (Å²) in [4.78, 5) is 33.7. The van der Waals surface area contributed by atoms with Crippen molar-refractivity contribution in [1.29, 1.82) is 0 Å². The summed E-state index contributed by atoms with van der Waals surface area (Å²) in [6.45, 7) is -1.45. The van der Waals surface area contributed by atoms with E-state index >= 15 is 0 Å². The number of imidazole rings is 1. The molecule has 3 aliphatic heterocycles. The summed E-state index contributed by atoms with van der Waals surface area (Å²) in [5, 5.41) is 41.9. The highest BCUT2D eigenvalue weighted by Crippen LogP contribution is 2.85. The van der Waals surface area contributed by atoms with Gasteiger partial charge in [-0.1, -0.05) is 4.09 Å². The minimum absolute atomic E-state index is 0.0731. The summed E-state index contributed by atoms with van der Waals surface area (Å²) >= 11 is 0. The van der Waals surface area contributed by atoms with Crippen molar-refractivity contribution in [2.45, 2.75) is 49.1 Å². The van der Waals surface area contributed by atoms with Crippen molar-refractivity contribution in [3.05, 3.63) is 42.7 Å². The van der Waals surface area contributed by atoms with Gasteiger partial charge in [-0.15, -0.1) is 0 Å². The van der Waals surface area contributed by atoms with E-state index in [-0.39, 0.29) is 22.5 Å². The molecule has 3 saturated heterocycles. The van der Waals surface area contributed by atoms with Crippen molar-refractivity contribution in [3.63, 3.8) is 0 Å². The van der Waals surface area contributed by atoms with Gasteiger partial charge in [0, 0.05) is 6.07 Å². The average Bonchev–Trinajstić information content (AvgIpc) is 3.21. The Morgan fingerprint density at radius 3 is 2.59 bits per heavy atom. The summed E-state index contributed by atoms with van der Waals surface area (Å²) in [5.74, 6) is -0.662. The highest BCUT2D eigenvalue weighted by atomic mass is 31.3. The van der Waals surface area contributed by atoms with Crippen LogP contribution in [0, 0.1) is 0 Å². The van der Waals surface area contributed by atoms with Crippen LogP contribution in [0.5, 0.6) is 0 Å². The van der Waals surface area contributed by atoms with Crippen LogP contribution in [0.3, 0.4) is 0 Å². The van der Waals surface area contributed by atoms with Gasteiger partial charge >= 0.3 is 15.6 Å². The Balaban J connectivity index is 1.04. The van der Waals surface area contributed by atoms with Crippen LogP contribution < -0.4 is 16.0 Å². The van der Waals surface area contributed by atoms with Gasteiger partial charge in [0.15, 0.2) is 36.2 Å². The van der Waals surface area contributed by atoms with Crippen molar-refractivity contribution < 1.29 is 71.1 Å². The number of aromatic nitrogens is 5. The zero-order valence-electron chi connectivity index (χ0n) is 22.2. The second-order valence-corrected chi connectivity index (χ2v) is 13.3. The number of rotatable bonds is 10. The van der Waals surface area contributed by atoms with Crippen LogP contribution in [-0.4, -0.2) is 101 Å². The summed E-state index contributed by atoms with van der Waals surface area (Å²) in [7, 11) is -9.50. The number of hydrogen-bond donors (Lipinski definition) is 7. The number of anilines is 1. The Labute approximate surface area is 246 Å². The molecule has 0 bridgehead atoms. The predicted molar refractivity (Wildman–Crippen MR) is 138 cm³/mol. The fraction of sp³-hybridized carbons (Fsp3) is 0.476. The lowest BCUT2D eigenvalue weighted by Crippen LogP contribution is -2.46. The van der Waals surface area contributed by atoms with Crippen LogP contribution >= 0.6 is 15.6 Å². The van der Waals surface area contributed by atoms with Crippen LogP contribution in [0.25, 0.3) is 11.2 Å². The van der Waals surface area contributed by atoms with Crippen LogP contribution in [0.1, 0.15) is 22.8 Å². The van der Waals surface area contributed by atoms with Crippen LogP contribution in [-0.2, 0) is 36.4 Å². The summed E-state index contributed by atoms with van der Waals surface area (Å²) in [6, 6.07) is 2.90. The molecular formula is C21H27N7O14P2+2. The molecule has 6 heterocycles. The third-order valence-corrected chi connectivity index (χ3v) is 10.5. The average molecular weight is 663 g/mol. The lowest BCUT2D eigenvalue weighted by Gasteiger charge is -2.16. The monoisotopic (exact) mass is 663 g/mol. The minimum Gasteiger partial charge on any atom is -0.387 e. The number of nitrogens with zero attached hydrogens (tertiary/aromatic N) is 5. The number of carbonyl (C=O) groups is 1. The maximum absolute atomic E-state index is 12.8. The first-order valence-corrected chi connectivity index (χ1v) is 15.7. The SMILES string of the molecule is NC(=O)c1ccc[n+]([C@@H]2O[C@H](CO[P@]3(=O)O[O+]3P(=O)(O)OC[C@H]3O[C@@H](n4cnc5c(N)ncnc54)[C@H](O)[C@@H]3O)[C@@H](O)[C@H]2O)c1. The van der Waals surface area contributed by atoms with Crippen molar-refractivity contribution in [2.75, 3.05) is 18.9 Å². The quantitative estimate of drug-likeness (QED) is 0.0387. The van der Waals surface area contributed by atoms with Crippen LogP contribution in [0.2, 0.25) is 0 Å². The molecule has 0 spiro atoms. The van der Waals surface area contributed by atoms with Gasteiger partial charge in [-0.2, -0.15) is 13.7 Å². The topological polar surface area (TPSA) is 304 Å². The van der Waals surface area contributed by atoms with E-state index in [1.807, 2.05) is 0 Å². The number of fused-ring (bicyclic) bond motifs is 1. The Morgan fingerprint density at radius 2 is 1.84 bits per heavy atom. The zero-order valence-corrected chi connectivity index (χ0v) is 24.0. The number of carbonyl (C=O) groups excluding carboxylic acids is 1. The first-order chi connectivity index (χ1) is 20.8. The molecule has 44 heavy (non-hydrogen) atoms. The number of aliphatic hydroxyl groups excluding tert-OH is 4. The molecule has 3 aromatic rings. The standard InChI is InChI=1S/C21H25N7O14P2/c22-17-12-19(25-7-24-17)28(8-26-12)21-16(32)14(30)10(40-21)5-37-43(34,35)42-41-44(42,36)38-6-11-13(29)15(31)20(39-11)27-3-1-2-9(4-27)18(23)33/h1-4,7-8,10-11,13-16,20-21,29-32H,5-6H2,(H3-2,22,23,24,25,33,34,35)/p+2/t10-,11-,13-,14-,15-,16-,20-,21-,44-/m1/s1. The molecule has 3 aromatic heterocycles. The number of nitrogen functional groups attached to an aromatic ring is 1. The molecule has 0 aromatic carbocycles. The Hall–Kier alpha value is -3.01. The predicted octanol–water partition coefficient (Wildman–Crippen LogP) is -2.53. The van der Waals surface area contributed by atoms with Crippen molar-refractivity contribution >= 4 is 38.5 Å². The van der Waals surface area contributed by atoms with Crippen molar-refractivity contribution in [1.82, 2.24) is 19.5 Å². The van der Waals surface area contributed by atoms with Gasteiger partial charge in [-0.25, -0.2) is 24.0 Å². The smallest absolute Gasteiger partial charge is 0.387 e. The first-order valence-electron chi connectivity index (χ1n) is 12.7. The summed E-state index contributed by atoms with van der Waals surface area (Å²) in [5.41, 5.74) is 11.6. The molecular weight excluding hydrogens is 636 g/mol. The van der Waals surface area contributed by atoms with E-state index in [1.54, 1.807) is 0 Å². The number of nitrogens with two attached hydrogens (primary N) is 2. The van der Waals surface area contributed by atoms with Crippen molar-refractivity contribution in [3.8, 4) is 0 Å². The molecule has 0 aliphatic carbocycles. The fourth-order valence-electron chi connectivity index (χ4n) is 4.74. The maximum Gasteiger partial charge on any atom is 0.748 e. The Kier molecular flexibility index (Phi) is 8.04. The molecule has 238 valence electrons. The van der Waals surface area contributed by atoms with Gasteiger partial charge in [-0.05, 0) is 6.07 Å². The summed E-state index contributed by atoms with van der Waals surface area (Å²) < 4.78 is 55.1. The van der Waals surface area contributed by atoms with Gasteiger partial charge in [0.05, 0.1) is 24.2 Å². The van der Waals surface area contributed by atoms with Crippen LogP contribution in [0.15, 0.2) is 37.2 Å². The highest BCUT2D eigenvalue weighted by Gasteiger charge is 2.80. The largest absolute Gasteiger partial charge is 0.748 e. The Bertz CT molecular complexity index is 1680. The zero-order chi connectivity index (χ0) is 31.6. The molecule has 0 radical (unpaired) electrons. The van der Waals surface area contributed by atoms with Gasteiger partial charge in [-0.3, -0.25) is 14.3 Å². The second kappa shape index (κ2) is 11.4. The number of pyridine rings is 1. The normalized spacial score (nSPS) is 35.2. The molecule has 3 fully saturated rings. The minimum atomic E-state index is -5.05. The third-order valence-electron chi connectivity index (χ3n) is 7.06. The second-order valence-electron chi connectivity index (χ2n) is 9.89. The van der Waals surface area contributed by atoms with E-state index in [1.165, 1.54) is 46.3 Å². The number of aliphatic hydroxyl groups is 4. The number of ether oxygens (including phenoxy) is 2. The molecule has 23 heteroatoms. The molecule has 9 N–H and O–H groups in total. The molecule has 10 atom stereocenters. The fourth-order valence-corrected chi connectivity index (χ4v) is 7.81. The van der Waals surface area contributed by atoms with Crippen LogP contribution in [0.4, 0.5) is 5.82 Å². The van der Waals surface area contributed by atoms with E-state index in [9.17, 15) is 39.2 Å². The lowest BCUT2D eigenvalue weighted by atomic mass is 10.1. The first kappa shape index (κ1) is 31.0.